The van der Waals surface area contributed by atoms with Crippen LogP contribution in [0.2, 0.25) is 0 Å². The number of imidazole rings is 1. The molecule has 3 aromatic rings. The van der Waals surface area contributed by atoms with E-state index >= 15 is 0 Å². The second-order valence-electron chi connectivity index (χ2n) is 5.67. The Morgan fingerprint density at radius 1 is 1.00 bits per heavy atom. The lowest BCUT2D eigenvalue weighted by molar-refractivity contribution is 0.740. The Morgan fingerprint density at radius 3 is 2.43 bits per heavy atom. The number of nitrogens with zero attached hydrogens (tertiary/aromatic N) is 2. The molecule has 0 saturated carbocycles. The SMILES string of the molecule is Cc1cc2nc(CN)n(Cc3ccccc3C)c2cc1C. The van der Waals surface area contributed by atoms with E-state index in [9.17, 15) is 0 Å². The van der Waals surface area contributed by atoms with Gasteiger partial charge in [-0.25, -0.2) is 4.98 Å². The van der Waals surface area contributed by atoms with Gasteiger partial charge >= 0.3 is 0 Å². The minimum absolute atomic E-state index is 0.457. The summed E-state index contributed by atoms with van der Waals surface area (Å²) in [7, 11) is 0. The number of hydrogen-bond acceptors (Lipinski definition) is 2. The van der Waals surface area contributed by atoms with E-state index in [1.165, 1.54) is 27.8 Å². The van der Waals surface area contributed by atoms with Gasteiger partial charge < -0.3 is 10.3 Å². The number of aromatic nitrogens is 2. The van der Waals surface area contributed by atoms with Gasteiger partial charge in [-0.3, -0.25) is 0 Å². The van der Waals surface area contributed by atoms with Gasteiger partial charge in [0.1, 0.15) is 5.82 Å². The van der Waals surface area contributed by atoms with Crippen LogP contribution in [0.5, 0.6) is 0 Å². The lowest BCUT2D eigenvalue weighted by Gasteiger charge is -2.11. The van der Waals surface area contributed by atoms with Crippen LogP contribution in [0.4, 0.5) is 0 Å². The first kappa shape index (κ1) is 13.8. The summed E-state index contributed by atoms with van der Waals surface area (Å²) in [6, 6.07) is 12.8. The van der Waals surface area contributed by atoms with Gasteiger partial charge in [0.2, 0.25) is 0 Å². The molecule has 21 heavy (non-hydrogen) atoms. The minimum atomic E-state index is 0.457. The van der Waals surface area contributed by atoms with Crippen molar-refractivity contribution in [2.24, 2.45) is 5.73 Å². The van der Waals surface area contributed by atoms with Crippen molar-refractivity contribution in [3.8, 4) is 0 Å². The van der Waals surface area contributed by atoms with E-state index in [2.05, 4.69) is 61.7 Å². The molecule has 2 aromatic carbocycles. The van der Waals surface area contributed by atoms with Crippen molar-refractivity contribution in [2.45, 2.75) is 33.9 Å². The van der Waals surface area contributed by atoms with Crippen LogP contribution in [0.3, 0.4) is 0 Å². The summed E-state index contributed by atoms with van der Waals surface area (Å²) in [4.78, 5) is 4.70. The molecule has 1 heterocycles. The average Bonchev–Trinajstić information content (AvgIpc) is 2.79. The fraction of sp³-hybridized carbons (Fsp3) is 0.278. The molecule has 3 heteroatoms. The molecule has 0 saturated heterocycles. The third-order valence-electron chi connectivity index (χ3n) is 4.22. The Labute approximate surface area is 125 Å². The normalized spacial score (nSPS) is 11.2. The molecule has 0 radical (unpaired) electrons. The van der Waals surface area contributed by atoms with E-state index in [-0.39, 0.29) is 0 Å². The highest BCUT2D eigenvalue weighted by atomic mass is 15.1. The fourth-order valence-electron chi connectivity index (χ4n) is 2.72. The molecule has 3 nitrogen and oxygen atoms in total. The molecule has 0 spiro atoms. The van der Waals surface area contributed by atoms with E-state index in [0.717, 1.165) is 17.9 Å². The average molecular weight is 279 g/mol. The molecule has 0 aliphatic carbocycles. The summed E-state index contributed by atoms with van der Waals surface area (Å²) >= 11 is 0. The van der Waals surface area contributed by atoms with E-state index < -0.39 is 0 Å². The summed E-state index contributed by atoms with van der Waals surface area (Å²) in [5.41, 5.74) is 13.3. The van der Waals surface area contributed by atoms with Gasteiger partial charge in [0, 0.05) is 6.54 Å². The minimum Gasteiger partial charge on any atom is -0.324 e. The first-order chi connectivity index (χ1) is 10.1. The van der Waals surface area contributed by atoms with Crippen molar-refractivity contribution >= 4 is 11.0 Å². The number of rotatable bonds is 3. The van der Waals surface area contributed by atoms with Crippen LogP contribution in [-0.2, 0) is 13.1 Å². The van der Waals surface area contributed by atoms with Gasteiger partial charge in [-0.05, 0) is 55.2 Å². The van der Waals surface area contributed by atoms with E-state index in [1.54, 1.807) is 0 Å². The molecule has 0 aliphatic heterocycles. The smallest absolute Gasteiger partial charge is 0.123 e. The predicted molar refractivity (Wildman–Crippen MR) is 87.4 cm³/mol. The lowest BCUT2D eigenvalue weighted by Crippen LogP contribution is -2.10. The Morgan fingerprint density at radius 2 is 1.71 bits per heavy atom. The van der Waals surface area contributed by atoms with Gasteiger partial charge in [-0.2, -0.15) is 0 Å². The number of aryl methyl sites for hydroxylation is 3. The highest BCUT2D eigenvalue weighted by Crippen LogP contribution is 2.22. The number of benzene rings is 2. The molecule has 0 amide bonds. The largest absolute Gasteiger partial charge is 0.324 e. The fourth-order valence-corrected chi connectivity index (χ4v) is 2.72. The van der Waals surface area contributed by atoms with Crippen molar-refractivity contribution in [1.82, 2.24) is 9.55 Å². The third kappa shape index (κ3) is 2.45. The van der Waals surface area contributed by atoms with Gasteiger partial charge in [0.25, 0.3) is 0 Å². The second kappa shape index (κ2) is 5.34. The van der Waals surface area contributed by atoms with Crippen LogP contribution < -0.4 is 5.73 Å². The van der Waals surface area contributed by atoms with Crippen LogP contribution in [-0.4, -0.2) is 9.55 Å². The quantitative estimate of drug-likeness (QED) is 0.798. The molecule has 3 rings (SSSR count). The second-order valence-corrected chi connectivity index (χ2v) is 5.67. The summed E-state index contributed by atoms with van der Waals surface area (Å²) < 4.78 is 2.24. The first-order valence-electron chi connectivity index (χ1n) is 7.31. The zero-order valence-electron chi connectivity index (χ0n) is 12.9. The van der Waals surface area contributed by atoms with Crippen LogP contribution in [0.25, 0.3) is 11.0 Å². The summed E-state index contributed by atoms with van der Waals surface area (Å²) in [5.74, 6) is 0.943. The zero-order valence-corrected chi connectivity index (χ0v) is 12.9. The van der Waals surface area contributed by atoms with E-state index in [4.69, 9.17) is 10.7 Å². The van der Waals surface area contributed by atoms with Gasteiger partial charge in [0.15, 0.2) is 0 Å². The Hall–Kier alpha value is -2.13. The molecule has 1 aromatic heterocycles. The van der Waals surface area contributed by atoms with Crippen LogP contribution in [0.1, 0.15) is 28.1 Å². The van der Waals surface area contributed by atoms with Gasteiger partial charge in [0.05, 0.1) is 17.6 Å². The Balaban J connectivity index is 2.16. The Kier molecular flexibility index (Phi) is 3.52. The maximum absolute atomic E-state index is 5.90. The van der Waals surface area contributed by atoms with Crippen LogP contribution in [0.15, 0.2) is 36.4 Å². The Bertz CT molecular complexity index is 800. The summed E-state index contributed by atoms with van der Waals surface area (Å²) in [5, 5.41) is 0. The summed E-state index contributed by atoms with van der Waals surface area (Å²) in [6.07, 6.45) is 0. The number of hydrogen-bond donors (Lipinski definition) is 1. The number of fused-ring (bicyclic) bond motifs is 1. The molecular weight excluding hydrogens is 258 g/mol. The molecule has 0 unspecified atom stereocenters. The van der Waals surface area contributed by atoms with E-state index in [0.29, 0.717) is 6.54 Å². The lowest BCUT2D eigenvalue weighted by atomic mass is 10.1. The van der Waals surface area contributed by atoms with E-state index in [1.807, 2.05) is 0 Å². The maximum atomic E-state index is 5.90. The zero-order chi connectivity index (χ0) is 15.0. The van der Waals surface area contributed by atoms with Gasteiger partial charge in [-0.15, -0.1) is 0 Å². The molecular formula is C18H21N3. The molecule has 0 fully saturated rings. The third-order valence-corrected chi connectivity index (χ3v) is 4.22. The van der Waals surface area contributed by atoms with Crippen molar-refractivity contribution in [2.75, 3.05) is 0 Å². The highest BCUT2D eigenvalue weighted by molar-refractivity contribution is 5.78. The molecule has 108 valence electrons. The predicted octanol–water partition coefficient (Wildman–Crippen LogP) is 3.47. The maximum Gasteiger partial charge on any atom is 0.123 e. The topological polar surface area (TPSA) is 43.8 Å². The number of nitrogens with two attached hydrogens (primary N) is 1. The van der Waals surface area contributed by atoms with Crippen molar-refractivity contribution in [3.05, 3.63) is 64.5 Å². The first-order valence-corrected chi connectivity index (χ1v) is 7.31. The molecule has 0 atom stereocenters. The molecule has 0 aliphatic rings. The monoisotopic (exact) mass is 279 g/mol. The standard InChI is InChI=1S/C18H21N3/c1-12-6-4-5-7-15(12)11-21-17-9-14(3)13(2)8-16(17)20-18(21)10-19/h4-9H,10-11,19H2,1-3H3. The van der Waals surface area contributed by atoms with Crippen molar-refractivity contribution in [1.29, 1.82) is 0 Å². The van der Waals surface area contributed by atoms with Crippen LogP contribution in [0, 0.1) is 20.8 Å². The highest BCUT2D eigenvalue weighted by Gasteiger charge is 2.12. The van der Waals surface area contributed by atoms with Crippen molar-refractivity contribution < 1.29 is 0 Å². The van der Waals surface area contributed by atoms with Crippen molar-refractivity contribution in [3.63, 3.8) is 0 Å². The summed E-state index contributed by atoms with van der Waals surface area (Å²) in [6.45, 7) is 7.68. The van der Waals surface area contributed by atoms with Crippen LogP contribution >= 0.6 is 0 Å². The molecule has 0 bridgehead atoms. The van der Waals surface area contributed by atoms with Gasteiger partial charge in [-0.1, -0.05) is 24.3 Å². The molecule has 2 N–H and O–H groups in total.